The Morgan fingerprint density at radius 3 is 2.55 bits per heavy atom. The van der Waals surface area contributed by atoms with Gasteiger partial charge in [-0.25, -0.2) is 0 Å². The normalized spacial score (nSPS) is 28.7. The van der Waals surface area contributed by atoms with E-state index in [2.05, 4.69) is 43.5 Å². The number of hydrogen-bond acceptors (Lipinski definition) is 2. The van der Waals surface area contributed by atoms with Gasteiger partial charge in [-0.15, -0.1) is 6.58 Å². The lowest BCUT2D eigenvalue weighted by molar-refractivity contribution is -0.158. The summed E-state index contributed by atoms with van der Waals surface area (Å²) in [4.78, 5) is 16.4. The van der Waals surface area contributed by atoms with Gasteiger partial charge in [0.1, 0.15) is 0 Å². The number of halogens is 2. The number of carbonyl (C=O) groups excluding carboxylic acids is 1. The molecule has 0 N–H and O–H groups in total. The van der Waals surface area contributed by atoms with Crippen LogP contribution in [0.4, 0.5) is 0 Å². The van der Waals surface area contributed by atoms with Gasteiger partial charge in [0.2, 0.25) is 5.91 Å². The second-order valence-corrected chi connectivity index (χ2v) is 10.5. The highest BCUT2D eigenvalue weighted by Gasteiger charge is 2.52. The topological polar surface area (TPSA) is 29.5 Å². The molecular weight excluding hydrogens is 453 g/mol. The number of hydrogen-bond donors (Lipinski definition) is 0. The van der Waals surface area contributed by atoms with Crippen molar-refractivity contribution in [3.63, 3.8) is 0 Å². The summed E-state index contributed by atoms with van der Waals surface area (Å²) in [5, 5.41) is 1.40. The zero-order valence-electron chi connectivity index (χ0n) is 19.5. The molecule has 5 atom stereocenters. The Balaban J connectivity index is 1.89. The molecule has 2 saturated heterocycles. The van der Waals surface area contributed by atoms with Crippen molar-refractivity contribution in [1.82, 2.24) is 4.90 Å². The van der Waals surface area contributed by atoms with Gasteiger partial charge in [-0.1, -0.05) is 67.4 Å². The van der Waals surface area contributed by atoms with Crippen molar-refractivity contribution < 1.29 is 9.53 Å². The first-order valence-corrected chi connectivity index (χ1v) is 12.7. The van der Waals surface area contributed by atoms with Crippen molar-refractivity contribution in [1.29, 1.82) is 0 Å². The quantitative estimate of drug-likeness (QED) is 0.378. The summed E-state index contributed by atoms with van der Waals surface area (Å²) in [5.74, 6) is 0.269. The molecule has 2 heterocycles. The fourth-order valence-electron chi connectivity index (χ4n) is 5.80. The van der Waals surface area contributed by atoms with Crippen LogP contribution < -0.4 is 0 Å². The van der Waals surface area contributed by atoms with E-state index in [1.807, 2.05) is 36.4 Å². The minimum absolute atomic E-state index is 0.00630. The third kappa shape index (κ3) is 4.87. The SMILES string of the molecule is C=CC[C@@]1(C)C[C@H](c2cccc(Cl)c2)C(c2ccc(Cl)cc2)N(C(CC)[C@@H]2CCCO2)C1=O. The third-order valence-electron chi connectivity index (χ3n) is 7.35. The van der Waals surface area contributed by atoms with E-state index in [0.717, 1.165) is 43.4 Å². The fourth-order valence-corrected chi connectivity index (χ4v) is 6.12. The van der Waals surface area contributed by atoms with Crippen molar-refractivity contribution in [2.75, 3.05) is 6.61 Å². The number of likely N-dealkylation sites (tertiary alicyclic amines) is 1. The number of allylic oxidation sites excluding steroid dienone is 1. The molecule has 4 rings (SSSR count). The van der Waals surface area contributed by atoms with E-state index in [9.17, 15) is 4.79 Å². The van der Waals surface area contributed by atoms with Gasteiger partial charge in [-0.3, -0.25) is 4.79 Å². The van der Waals surface area contributed by atoms with Crippen LogP contribution in [0.3, 0.4) is 0 Å². The number of carbonyl (C=O) groups is 1. The van der Waals surface area contributed by atoms with Gasteiger partial charge in [0.05, 0.1) is 23.6 Å². The number of nitrogens with zero attached hydrogens (tertiary/aromatic N) is 1. The molecule has 2 aliphatic heterocycles. The highest BCUT2D eigenvalue weighted by Crippen LogP contribution is 2.52. The van der Waals surface area contributed by atoms with Gasteiger partial charge >= 0.3 is 0 Å². The van der Waals surface area contributed by atoms with Crippen LogP contribution in [0, 0.1) is 5.41 Å². The highest BCUT2D eigenvalue weighted by molar-refractivity contribution is 6.30. The minimum Gasteiger partial charge on any atom is -0.376 e. The van der Waals surface area contributed by atoms with Crippen LogP contribution in [0.2, 0.25) is 10.0 Å². The lowest BCUT2D eigenvalue weighted by Gasteiger charge is -2.53. The largest absolute Gasteiger partial charge is 0.376 e. The summed E-state index contributed by atoms with van der Waals surface area (Å²) in [6, 6.07) is 15.9. The molecule has 0 aromatic heterocycles. The van der Waals surface area contributed by atoms with E-state index in [1.165, 1.54) is 0 Å². The van der Waals surface area contributed by atoms with Crippen molar-refractivity contribution >= 4 is 29.1 Å². The fraction of sp³-hybridized carbons (Fsp3) is 0.464. The van der Waals surface area contributed by atoms with Crippen LogP contribution in [0.25, 0.3) is 0 Å². The first-order chi connectivity index (χ1) is 15.9. The Morgan fingerprint density at radius 2 is 1.94 bits per heavy atom. The predicted molar refractivity (Wildman–Crippen MR) is 136 cm³/mol. The number of rotatable bonds is 7. The van der Waals surface area contributed by atoms with Crippen molar-refractivity contribution in [3.05, 3.63) is 82.4 Å². The maximum absolute atomic E-state index is 14.3. The highest BCUT2D eigenvalue weighted by atomic mass is 35.5. The van der Waals surface area contributed by atoms with Crippen molar-refractivity contribution in [2.45, 2.75) is 70.1 Å². The molecule has 0 saturated carbocycles. The molecule has 0 aliphatic carbocycles. The van der Waals surface area contributed by atoms with Crippen LogP contribution in [0.1, 0.15) is 69.0 Å². The lowest BCUT2D eigenvalue weighted by Crippen LogP contribution is -2.58. The van der Waals surface area contributed by atoms with Gasteiger partial charge in [-0.2, -0.15) is 0 Å². The number of piperidine rings is 1. The Kier molecular flexibility index (Phi) is 7.53. The maximum Gasteiger partial charge on any atom is 0.229 e. The van der Waals surface area contributed by atoms with E-state index >= 15 is 0 Å². The standard InChI is InChI=1S/C28H33Cl2NO2/c1-4-15-28(3)18-23(20-8-6-9-22(30)17-20)26(19-11-13-21(29)14-12-19)31(27(28)32)24(5-2)25-10-7-16-33-25/h4,6,8-9,11-14,17,23-26H,1,5,7,10,15-16,18H2,2-3H3/t23-,24?,25+,26?,28+/m1/s1. The lowest BCUT2D eigenvalue weighted by atomic mass is 9.66. The van der Waals surface area contributed by atoms with E-state index in [-0.39, 0.29) is 30.0 Å². The van der Waals surface area contributed by atoms with Gasteiger partial charge in [-0.05, 0) is 67.5 Å². The molecule has 2 aromatic carbocycles. The molecule has 3 nitrogen and oxygen atoms in total. The second-order valence-electron chi connectivity index (χ2n) is 9.65. The van der Waals surface area contributed by atoms with Gasteiger partial charge in [0, 0.05) is 22.6 Å². The Morgan fingerprint density at radius 1 is 1.18 bits per heavy atom. The number of benzene rings is 2. The smallest absolute Gasteiger partial charge is 0.229 e. The minimum atomic E-state index is -0.538. The number of amides is 1. The van der Waals surface area contributed by atoms with Gasteiger partial charge in [0.15, 0.2) is 0 Å². The van der Waals surface area contributed by atoms with Crippen LogP contribution in [-0.4, -0.2) is 29.6 Å². The Bertz CT molecular complexity index is 986. The van der Waals surface area contributed by atoms with Crippen LogP contribution in [-0.2, 0) is 9.53 Å². The second kappa shape index (κ2) is 10.2. The first-order valence-electron chi connectivity index (χ1n) is 11.9. The molecule has 2 fully saturated rings. The van der Waals surface area contributed by atoms with E-state index in [0.29, 0.717) is 16.5 Å². The molecule has 2 aliphatic rings. The van der Waals surface area contributed by atoms with E-state index in [1.54, 1.807) is 0 Å². The molecule has 0 radical (unpaired) electrons. The molecule has 5 heteroatoms. The van der Waals surface area contributed by atoms with Crippen LogP contribution in [0.15, 0.2) is 61.2 Å². The molecule has 0 spiro atoms. The van der Waals surface area contributed by atoms with Crippen molar-refractivity contribution in [2.24, 2.45) is 5.41 Å². The first kappa shape index (κ1) is 24.3. The maximum atomic E-state index is 14.3. The zero-order valence-corrected chi connectivity index (χ0v) is 21.0. The van der Waals surface area contributed by atoms with Gasteiger partial charge < -0.3 is 9.64 Å². The average Bonchev–Trinajstić information content (AvgIpc) is 3.33. The monoisotopic (exact) mass is 485 g/mol. The molecule has 2 aromatic rings. The summed E-state index contributed by atoms with van der Waals surface area (Å²) in [6.45, 7) is 8.97. The predicted octanol–water partition coefficient (Wildman–Crippen LogP) is 7.59. The summed E-state index contributed by atoms with van der Waals surface area (Å²) in [7, 11) is 0. The molecule has 176 valence electrons. The summed E-state index contributed by atoms with van der Waals surface area (Å²) >= 11 is 12.7. The summed E-state index contributed by atoms with van der Waals surface area (Å²) < 4.78 is 6.14. The Labute approximate surface area is 207 Å². The zero-order chi connectivity index (χ0) is 23.6. The van der Waals surface area contributed by atoms with Crippen molar-refractivity contribution in [3.8, 4) is 0 Å². The molecule has 33 heavy (non-hydrogen) atoms. The molecule has 2 unspecified atom stereocenters. The third-order valence-corrected chi connectivity index (χ3v) is 7.84. The molecular formula is C28H33Cl2NO2. The van der Waals surface area contributed by atoms with Crippen LogP contribution >= 0.6 is 23.2 Å². The summed E-state index contributed by atoms with van der Waals surface area (Å²) in [6.07, 6.45) is 6.15. The Hall–Kier alpha value is -1.81. The van der Waals surface area contributed by atoms with Crippen LogP contribution in [0.5, 0.6) is 0 Å². The van der Waals surface area contributed by atoms with E-state index < -0.39 is 5.41 Å². The average molecular weight is 486 g/mol. The molecule has 0 bridgehead atoms. The number of ether oxygens (including phenoxy) is 1. The van der Waals surface area contributed by atoms with Gasteiger partial charge in [0.25, 0.3) is 0 Å². The molecule has 1 amide bonds. The van der Waals surface area contributed by atoms with E-state index in [4.69, 9.17) is 27.9 Å². The summed E-state index contributed by atoms with van der Waals surface area (Å²) in [5.41, 5.74) is 1.70.